The highest BCUT2D eigenvalue weighted by molar-refractivity contribution is 9.10. The molecule has 0 fully saturated rings. The Morgan fingerprint density at radius 3 is 2.34 bits per heavy atom. The van der Waals surface area contributed by atoms with Crippen LogP contribution in [0.5, 0.6) is 11.5 Å². The molecule has 0 saturated carbocycles. The Morgan fingerprint density at radius 1 is 1.17 bits per heavy atom. The van der Waals surface area contributed by atoms with Gasteiger partial charge in [-0.3, -0.25) is 4.72 Å². The SMILES string of the molecule is CCc1cc(NS(=O)(=O)c2cc(Br)cc(Cl)c2O)c(O)c(C(=O)OC(C)(C)C)c1. The summed E-state index contributed by atoms with van der Waals surface area (Å²) in [4.78, 5) is 12.0. The highest BCUT2D eigenvalue weighted by Gasteiger charge is 2.27. The number of nitrogens with one attached hydrogen (secondary N) is 1. The predicted octanol–water partition coefficient (Wildman–Crippen LogP) is 4.83. The molecule has 2 aromatic carbocycles. The molecule has 0 amide bonds. The summed E-state index contributed by atoms with van der Waals surface area (Å²) in [6, 6.07) is 5.34. The van der Waals surface area contributed by atoms with Crippen LogP contribution in [0, 0.1) is 0 Å². The summed E-state index contributed by atoms with van der Waals surface area (Å²) in [6.45, 7) is 6.84. The van der Waals surface area contributed by atoms with Crippen LogP contribution in [-0.4, -0.2) is 30.2 Å². The molecular formula is C19H21BrClNO6S. The number of aryl methyl sites for hydroxylation is 1. The first-order valence-electron chi connectivity index (χ1n) is 8.55. The molecule has 3 N–H and O–H groups in total. The molecule has 0 bridgehead atoms. The fraction of sp³-hybridized carbons (Fsp3) is 0.316. The number of phenols is 2. The van der Waals surface area contributed by atoms with Crippen molar-refractivity contribution in [2.45, 2.75) is 44.6 Å². The number of rotatable bonds is 5. The van der Waals surface area contributed by atoms with Crippen LogP contribution >= 0.6 is 27.5 Å². The lowest BCUT2D eigenvalue weighted by Gasteiger charge is -2.21. The molecule has 0 spiro atoms. The first kappa shape index (κ1) is 23.3. The minimum absolute atomic E-state index is 0.166. The fourth-order valence-electron chi connectivity index (χ4n) is 2.41. The first-order valence-corrected chi connectivity index (χ1v) is 11.2. The maximum absolute atomic E-state index is 12.8. The number of aromatic hydroxyl groups is 2. The van der Waals surface area contributed by atoms with Crippen molar-refractivity contribution < 1.29 is 28.2 Å². The second-order valence-corrected chi connectivity index (χ2v) is 10.2. The Morgan fingerprint density at radius 2 is 1.79 bits per heavy atom. The number of sulfonamides is 1. The predicted molar refractivity (Wildman–Crippen MR) is 114 cm³/mol. The van der Waals surface area contributed by atoms with Crippen molar-refractivity contribution in [3.05, 3.63) is 44.9 Å². The van der Waals surface area contributed by atoms with Gasteiger partial charge in [0.15, 0.2) is 11.5 Å². The molecule has 7 nitrogen and oxygen atoms in total. The normalized spacial score (nSPS) is 11.9. The zero-order valence-electron chi connectivity index (χ0n) is 16.2. The van der Waals surface area contributed by atoms with E-state index >= 15 is 0 Å². The standard InChI is InChI=1S/C19H21BrClNO6S/c1-5-10-6-12(18(25)28-19(2,3)4)16(23)14(7-10)22-29(26,27)15-9-11(20)8-13(21)17(15)24/h6-9,22-24H,5H2,1-4H3. The van der Waals surface area contributed by atoms with Crippen LogP contribution in [0.15, 0.2) is 33.6 Å². The fourth-order valence-corrected chi connectivity index (χ4v) is 4.63. The number of carbonyl (C=O) groups excluding carboxylic acids is 1. The number of esters is 1. The van der Waals surface area contributed by atoms with Gasteiger partial charge in [-0.05, 0) is 57.0 Å². The second-order valence-electron chi connectivity index (χ2n) is 7.23. The Bertz CT molecular complexity index is 1060. The second kappa shape index (κ2) is 8.41. The molecule has 0 atom stereocenters. The van der Waals surface area contributed by atoms with Crippen molar-refractivity contribution in [2.75, 3.05) is 4.72 Å². The van der Waals surface area contributed by atoms with Crippen LogP contribution in [0.3, 0.4) is 0 Å². The third kappa shape index (κ3) is 5.55. The van der Waals surface area contributed by atoms with E-state index in [4.69, 9.17) is 16.3 Å². The number of phenolic OH excluding ortho intramolecular Hbond substituents is 2. The zero-order chi connectivity index (χ0) is 22.1. The lowest BCUT2D eigenvalue weighted by molar-refractivity contribution is 0.00667. The molecule has 2 aromatic rings. The molecule has 0 unspecified atom stereocenters. The third-order valence-corrected chi connectivity index (χ3v) is 5.85. The summed E-state index contributed by atoms with van der Waals surface area (Å²) in [5, 5.41) is 20.4. The van der Waals surface area contributed by atoms with Crippen molar-refractivity contribution in [1.29, 1.82) is 0 Å². The average Bonchev–Trinajstić information content (AvgIpc) is 2.57. The number of anilines is 1. The van der Waals surface area contributed by atoms with Gasteiger partial charge < -0.3 is 14.9 Å². The van der Waals surface area contributed by atoms with Gasteiger partial charge in [0, 0.05) is 4.47 Å². The maximum atomic E-state index is 12.8. The smallest absolute Gasteiger partial charge is 0.342 e. The topological polar surface area (TPSA) is 113 Å². The summed E-state index contributed by atoms with van der Waals surface area (Å²) in [5.41, 5.74) is -0.600. The van der Waals surface area contributed by atoms with E-state index in [0.717, 1.165) is 0 Å². The lowest BCUT2D eigenvalue weighted by atomic mass is 10.1. The number of hydrogen-bond donors (Lipinski definition) is 3. The van der Waals surface area contributed by atoms with Gasteiger partial charge in [-0.1, -0.05) is 34.5 Å². The Balaban J connectivity index is 2.55. The van der Waals surface area contributed by atoms with E-state index in [2.05, 4.69) is 20.7 Å². The largest absolute Gasteiger partial charge is 0.505 e. The van der Waals surface area contributed by atoms with Gasteiger partial charge >= 0.3 is 5.97 Å². The molecule has 0 aromatic heterocycles. The van der Waals surface area contributed by atoms with Crippen molar-refractivity contribution >= 4 is 49.2 Å². The van der Waals surface area contributed by atoms with Crippen molar-refractivity contribution in [1.82, 2.24) is 0 Å². The molecule has 29 heavy (non-hydrogen) atoms. The Labute approximate surface area is 182 Å². The van der Waals surface area contributed by atoms with Gasteiger partial charge in [0.2, 0.25) is 0 Å². The monoisotopic (exact) mass is 505 g/mol. The van der Waals surface area contributed by atoms with E-state index in [1.165, 1.54) is 24.3 Å². The van der Waals surface area contributed by atoms with E-state index in [-0.39, 0.29) is 16.3 Å². The number of halogens is 2. The van der Waals surface area contributed by atoms with E-state index in [1.54, 1.807) is 20.8 Å². The molecule has 2 rings (SSSR count). The van der Waals surface area contributed by atoms with Crippen molar-refractivity contribution in [3.63, 3.8) is 0 Å². The van der Waals surface area contributed by atoms with Crippen molar-refractivity contribution in [3.8, 4) is 11.5 Å². The van der Waals surface area contributed by atoms with Crippen LogP contribution < -0.4 is 4.72 Å². The van der Waals surface area contributed by atoms with Gasteiger partial charge in [0.05, 0.1) is 10.7 Å². The molecular weight excluding hydrogens is 486 g/mol. The molecule has 0 aliphatic heterocycles. The van der Waals surface area contributed by atoms with E-state index in [9.17, 15) is 23.4 Å². The van der Waals surface area contributed by atoms with Crippen molar-refractivity contribution in [2.24, 2.45) is 0 Å². The third-order valence-electron chi connectivity index (χ3n) is 3.72. The van der Waals surface area contributed by atoms with Gasteiger partial charge in [-0.15, -0.1) is 0 Å². The first-order chi connectivity index (χ1) is 13.2. The van der Waals surface area contributed by atoms with Crippen LogP contribution in [-0.2, 0) is 21.2 Å². The van der Waals surface area contributed by atoms with Crippen LogP contribution in [0.4, 0.5) is 5.69 Å². The van der Waals surface area contributed by atoms with Crippen LogP contribution in [0.1, 0.15) is 43.6 Å². The van der Waals surface area contributed by atoms with Gasteiger partial charge in [0.1, 0.15) is 16.1 Å². The summed E-state index contributed by atoms with van der Waals surface area (Å²) < 4.78 is 33.4. The lowest BCUT2D eigenvalue weighted by Crippen LogP contribution is -2.24. The Kier molecular flexibility index (Phi) is 6.76. The molecule has 158 valence electrons. The quantitative estimate of drug-likeness (QED) is 0.395. The molecule has 0 aliphatic carbocycles. The van der Waals surface area contributed by atoms with Gasteiger partial charge in [-0.25, -0.2) is 13.2 Å². The molecule has 10 heteroatoms. The Hall–Kier alpha value is -1.97. The number of carbonyl (C=O) groups is 1. The average molecular weight is 507 g/mol. The van der Waals surface area contributed by atoms with Gasteiger partial charge in [0.25, 0.3) is 10.0 Å². The number of benzene rings is 2. The summed E-state index contributed by atoms with van der Waals surface area (Å²) in [5.74, 6) is -2.01. The summed E-state index contributed by atoms with van der Waals surface area (Å²) >= 11 is 8.98. The van der Waals surface area contributed by atoms with E-state index < -0.39 is 38.0 Å². The number of hydrogen-bond acceptors (Lipinski definition) is 6. The highest BCUT2D eigenvalue weighted by atomic mass is 79.9. The highest BCUT2D eigenvalue weighted by Crippen LogP contribution is 2.37. The minimum atomic E-state index is -4.34. The van der Waals surface area contributed by atoms with E-state index in [0.29, 0.717) is 16.5 Å². The molecule has 0 aliphatic rings. The summed E-state index contributed by atoms with van der Waals surface area (Å²) in [6.07, 6.45) is 0.471. The molecule has 0 heterocycles. The zero-order valence-corrected chi connectivity index (χ0v) is 19.4. The van der Waals surface area contributed by atoms with Crippen LogP contribution in [0.2, 0.25) is 5.02 Å². The van der Waals surface area contributed by atoms with Crippen LogP contribution in [0.25, 0.3) is 0 Å². The summed E-state index contributed by atoms with van der Waals surface area (Å²) in [7, 11) is -4.34. The van der Waals surface area contributed by atoms with Gasteiger partial charge in [-0.2, -0.15) is 0 Å². The van der Waals surface area contributed by atoms with E-state index in [1.807, 2.05) is 6.92 Å². The molecule has 0 saturated heterocycles. The molecule has 0 radical (unpaired) electrons. The maximum Gasteiger partial charge on any atom is 0.342 e. The number of ether oxygens (including phenoxy) is 1. The minimum Gasteiger partial charge on any atom is -0.505 e.